The van der Waals surface area contributed by atoms with E-state index >= 15 is 0 Å². The molecule has 1 unspecified atom stereocenters. The number of nitrogens with two attached hydrogens (primary N) is 1. The number of amides is 1. The summed E-state index contributed by atoms with van der Waals surface area (Å²) in [6.45, 7) is 4.73. The molecule has 0 aromatic heterocycles. The Labute approximate surface area is 109 Å². The molecule has 0 spiro atoms. The lowest BCUT2D eigenvalue weighted by Crippen LogP contribution is -2.48. The summed E-state index contributed by atoms with van der Waals surface area (Å²) in [7, 11) is -3.09. The molecule has 0 saturated carbocycles. The van der Waals surface area contributed by atoms with E-state index in [4.69, 9.17) is 5.73 Å². The molecule has 1 fully saturated rings. The molecule has 18 heavy (non-hydrogen) atoms. The topological polar surface area (TPSA) is 92.5 Å². The van der Waals surface area contributed by atoms with Crippen LogP contribution in [0, 0.1) is 5.92 Å². The van der Waals surface area contributed by atoms with Crippen molar-refractivity contribution in [3.05, 3.63) is 0 Å². The highest BCUT2D eigenvalue weighted by Crippen LogP contribution is 2.14. The first-order valence-corrected chi connectivity index (χ1v) is 8.00. The average molecular weight is 277 g/mol. The smallest absolute Gasteiger partial charge is 0.224 e. The van der Waals surface area contributed by atoms with E-state index in [9.17, 15) is 13.2 Å². The van der Waals surface area contributed by atoms with Crippen molar-refractivity contribution in [2.75, 3.05) is 25.4 Å². The maximum Gasteiger partial charge on any atom is 0.224 e. The standard InChI is InChI=1S/C11H23N3O3S/c1-3-18(16,17)14-6-4-10(5-7-14)13-11(15)9(2)8-12/h9-10H,3-8,12H2,1-2H3,(H,13,15). The van der Waals surface area contributed by atoms with Crippen LogP contribution in [0.15, 0.2) is 0 Å². The molecule has 0 bridgehead atoms. The van der Waals surface area contributed by atoms with Gasteiger partial charge in [-0.05, 0) is 19.8 Å². The van der Waals surface area contributed by atoms with E-state index in [0.29, 0.717) is 32.5 Å². The highest BCUT2D eigenvalue weighted by Gasteiger charge is 2.27. The van der Waals surface area contributed by atoms with Crippen molar-refractivity contribution in [2.24, 2.45) is 11.7 Å². The van der Waals surface area contributed by atoms with Crippen LogP contribution in [-0.2, 0) is 14.8 Å². The number of sulfonamides is 1. The van der Waals surface area contributed by atoms with Crippen LogP contribution in [0.25, 0.3) is 0 Å². The van der Waals surface area contributed by atoms with Gasteiger partial charge in [-0.15, -0.1) is 0 Å². The fourth-order valence-corrected chi connectivity index (χ4v) is 3.04. The van der Waals surface area contributed by atoms with Crippen LogP contribution >= 0.6 is 0 Å². The summed E-state index contributed by atoms with van der Waals surface area (Å²) in [6, 6.07) is 0.0646. The van der Waals surface area contributed by atoms with Gasteiger partial charge in [-0.3, -0.25) is 4.79 Å². The minimum absolute atomic E-state index is 0.0469. The number of rotatable bonds is 5. The molecule has 0 aromatic carbocycles. The normalized spacial score (nSPS) is 20.6. The molecule has 3 N–H and O–H groups in total. The van der Waals surface area contributed by atoms with Gasteiger partial charge in [0.25, 0.3) is 0 Å². The molecule has 106 valence electrons. The van der Waals surface area contributed by atoms with Crippen molar-refractivity contribution in [3.63, 3.8) is 0 Å². The predicted octanol–water partition coefficient (Wildman–Crippen LogP) is -0.488. The zero-order valence-corrected chi connectivity index (χ0v) is 11.9. The lowest BCUT2D eigenvalue weighted by molar-refractivity contribution is -0.125. The van der Waals surface area contributed by atoms with Gasteiger partial charge in [0.1, 0.15) is 0 Å². The second-order valence-corrected chi connectivity index (χ2v) is 6.98. The van der Waals surface area contributed by atoms with Crippen LogP contribution in [0.4, 0.5) is 0 Å². The SMILES string of the molecule is CCS(=O)(=O)N1CCC(NC(=O)C(C)CN)CC1. The summed E-state index contributed by atoms with van der Waals surface area (Å²) in [5.41, 5.74) is 5.43. The second kappa shape index (κ2) is 6.49. The zero-order valence-electron chi connectivity index (χ0n) is 11.1. The number of nitrogens with one attached hydrogen (secondary N) is 1. The molecule has 0 radical (unpaired) electrons. The van der Waals surface area contributed by atoms with Crippen molar-refractivity contribution < 1.29 is 13.2 Å². The molecule has 1 atom stereocenters. The highest BCUT2D eigenvalue weighted by molar-refractivity contribution is 7.89. The summed E-state index contributed by atoms with van der Waals surface area (Å²) in [5.74, 6) is -0.106. The molecule has 0 aliphatic carbocycles. The van der Waals surface area contributed by atoms with Crippen LogP contribution in [0.2, 0.25) is 0 Å². The third kappa shape index (κ3) is 3.93. The minimum atomic E-state index is -3.09. The summed E-state index contributed by atoms with van der Waals surface area (Å²) in [6.07, 6.45) is 1.34. The minimum Gasteiger partial charge on any atom is -0.353 e. The van der Waals surface area contributed by atoms with Crippen molar-refractivity contribution in [3.8, 4) is 0 Å². The molecule has 1 aliphatic rings. The van der Waals surface area contributed by atoms with Gasteiger partial charge in [-0.25, -0.2) is 12.7 Å². The van der Waals surface area contributed by atoms with Crippen molar-refractivity contribution >= 4 is 15.9 Å². The van der Waals surface area contributed by atoms with Crippen LogP contribution in [0.3, 0.4) is 0 Å². The van der Waals surface area contributed by atoms with Gasteiger partial charge in [0.05, 0.1) is 5.75 Å². The largest absolute Gasteiger partial charge is 0.353 e. The second-order valence-electron chi connectivity index (χ2n) is 4.72. The molecular formula is C11H23N3O3S. The van der Waals surface area contributed by atoms with E-state index < -0.39 is 10.0 Å². The highest BCUT2D eigenvalue weighted by atomic mass is 32.2. The number of carbonyl (C=O) groups excluding carboxylic acids is 1. The quantitative estimate of drug-likeness (QED) is 0.709. The van der Waals surface area contributed by atoms with E-state index in [2.05, 4.69) is 5.32 Å². The molecule has 1 aliphatic heterocycles. The van der Waals surface area contributed by atoms with Gasteiger partial charge in [0, 0.05) is 31.6 Å². The molecule has 1 amide bonds. The zero-order chi connectivity index (χ0) is 13.8. The van der Waals surface area contributed by atoms with Crippen molar-refractivity contribution in [1.82, 2.24) is 9.62 Å². The summed E-state index contributed by atoms with van der Waals surface area (Å²) in [4.78, 5) is 11.7. The molecule has 6 nitrogen and oxygen atoms in total. The molecule has 1 saturated heterocycles. The Kier molecular flexibility index (Phi) is 5.55. The predicted molar refractivity (Wildman–Crippen MR) is 70.4 cm³/mol. The van der Waals surface area contributed by atoms with E-state index in [-0.39, 0.29) is 23.6 Å². The summed E-state index contributed by atoms with van der Waals surface area (Å²) < 4.78 is 24.8. The van der Waals surface area contributed by atoms with E-state index in [1.54, 1.807) is 13.8 Å². The number of hydrogen-bond acceptors (Lipinski definition) is 4. The Morgan fingerprint density at radius 2 is 2.00 bits per heavy atom. The maximum atomic E-state index is 11.7. The third-order valence-electron chi connectivity index (χ3n) is 3.36. The summed E-state index contributed by atoms with van der Waals surface area (Å²) >= 11 is 0. The van der Waals surface area contributed by atoms with Gasteiger partial charge in [-0.1, -0.05) is 6.92 Å². The molecular weight excluding hydrogens is 254 g/mol. The fourth-order valence-electron chi connectivity index (χ4n) is 1.91. The number of piperidine rings is 1. The average Bonchev–Trinajstić information content (AvgIpc) is 2.38. The molecule has 1 rings (SSSR count). The first kappa shape index (κ1) is 15.4. The Hall–Kier alpha value is -0.660. The third-order valence-corrected chi connectivity index (χ3v) is 5.24. The Balaban J connectivity index is 2.43. The van der Waals surface area contributed by atoms with Crippen LogP contribution < -0.4 is 11.1 Å². The number of hydrogen-bond donors (Lipinski definition) is 2. The van der Waals surface area contributed by atoms with Crippen LogP contribution in [0.1, 0.15) is 26.7 Å². The molecule has 0 aromatic rings. The van der Waals surface area contributed by atoms with E-state index in [0.717, 1.165) is 0 Å². The summed E-state index contributed by atoms with van der Waals surface area (Å²) in [5, 5.41) is 2.92. The molecule has 7 heteroatoms. The lowest BCUT2D eigenvalue weighted by Gasteiger charge is -2.31. The van der Waals surface area contributed by atoms with Gasteiger partial charge >= 0.3 is 0 Å². The Morgan fingerprint density at radius 1 is 1.44 bits per heavy atom. The maximum absolute atomic E-state index is 11.7. The van der Waals surface area contributed by atoms with Gasteiger partial charge < -0.3 is 11.1 Å². The Bertz CT molecular complexity index is 375. The fraction of sp³-hybridized carbons (Fsp3) is 0.909. The van der Waals surface area contributed by atoms with Crippen LogP contribution in [0.5, 0.6) is 0 Å². The number of nitrogens with zero attached hydrogens (tertiary/aromatic N) is 1. The van der Waals surface area contributed by atoms with Crippen LogP contribution in [-0.4, -0.2) is 50.1 Å². The first-order valence-electron chi connectivity index (χ1n) is 6.39. The molecule has 1 heterocycles. The number of carbonyl (C=O) groups is 1. The lowest BCUT2D eigenvalue weighted by atomic mass is 10.1. The Morgan fingerprint density at radius 3 is 2.44 bits per heavy atom. The van der Waals surface area contributed by atoms with E-state index in [1.165, 1.54) is 4.31 Å². The van der Waals surface area contributed by atoms with Crippen molar-refractivity contribution in [2.45, 2.75) is 32.7 Å². The van der Waals surface area contributed by atoms with E-state index in [1.807, 2.05) is 0 Å². The van der Waals surface area contributed by atoms with Gasteiger partial charge in [0.15, 0.2) is 0 Å². The van der Waals surface area contributed by atoms with Crippen molar-refractivity contribution in [1.29, 1.82) is 0 Å². The van der Waals surface area contributed by atoms with Gasteiger partial charge in [0.2, 0.25) is 15.9 Å². The monoisotopic (exact) mass is 277 g/mol. The first-order chi connectivity index (χ1) is 8.40. The van der Waals surface area contributed by atoms with Gasteiger partial charge in [-0.2, -0.15) is 0 Å².